The maximum Gasteiger partial charge on any atom is 0.241 e. The van der Waals surface area contributed by atoms with E-state index in [1.807, 2.05) is 36.4 Å². The van der Waals surface area contributed by atoms with Crippen molar-refractivity contribution in [2.45, 2.75) is 18.9 Å². The molecule has 104 valence electrons. The van der Waals surface area contributed by atoms with E-state index in [1.54, 1.807) is 7.11 Å². The van der Waals surface area contributed by atoms with E-state index < -0.39 is 0 Å². The van der Waals surface area contributed by atoms with Crippen LogP contribution >= 0.6 is 0 Å². The molecule has 2 aromatic rings. The second-order valence-electron chi connectivity index (χ2n) is 5.00. The van der Waals surface area contributed by atoms with E-state index in [1.165, 1.54) is 0 Å². The Morgan fingerprint density at radius 1 is 1.25 bits per heavy atom. The summed E-state index contributed by atoms with van der Waals surface area (Å²) in [6, 6.07) is 11.6. The maximum absolute atomic E-state index is 12.2. The number of hydrogen-bond donors (Lipinski definition) is 2. The molecule has 0 radical (unpaired) electrons. The van der Waals surface area contributed by atoms with Gasteiger partial charge in [0.15, 0.2) is 0 Å². The highest BCUT2D eigenvalue weighted by atomic mass is 16.5. The van der Waals surface area contributed by atoms with Gasteiger partial charge in [0.25, 0.3) is 0 Å². The third-order valence-corrected chi connectivity index (χ3v) is 3.74. The van der Waals surface area contributed by atoms with Crippen LogP contribution in [0.3, 0.4) is 0 Å². The third kappa shape index (κ3) is 2.34. The maximum atomic E-state index is 12.2. The molecule has 1 aliphatic heterocycles. The molecule has 1 saturated heterocycles. The van der Waals surface area contributed by atoms with Gasteiger partial charge >= 0.3 is 0 Å². The van der Waals surface area contributed by atoms with Crippen molar-refractivity contribution < 1.29 is 9.53 Å². The predicted molar refractivity (Wildman–Crippen MR) is 80.2 cm³/mol. The number of nitrogens with one attached hydrogen (secondary N) is 2. The summed E-state index contributed by atoms with van der Waals surface area (Å²) in [6.07, 6.45) is 1.96. The van der Waals surface area contributed by atoms with E-state index >= 15 is 0 Å². The number of ether oxygens (including phenoxy) is 1. The summed E-state index contributed by atoms with van der Waals surface area (Å²) in [5.41, 5.74) is 0.833. The molecule has 0 spiro atoms. The van der Waals surface area contributed by atoms with Gasteiger partial charge in [-0.1, -0.05) is 24.3 Å². The van der Waals surface area contributed by atoms with Crippen molar-refractivity contribution in [3.8, 4) is 5.75 Å². The van der Waals surface area contributed by atoms with Crippen LogP contribution in [0, 0.1) is 0 Å². The van der Waals surface area contributed by atoms with Crippen molar-refractivity contribution in [2.75, 3.05) is 19.0 Å². The standard InChI is InChI=1S/C16H18N2O2/c1-20-15-9-8-13(11-5-2-3-6-12(11)15)18-16(19)14-7-4-10-17-14/h2-3,5-6,8-9,14,17H,4,7,10H2,1H3,(H,18,19)/t14-/m0/s1. The summed E-state index contributed by atoms with van der Waals surface area (Å²) < 4.78 is 5.36. The molecule has 3 rings (SSSR count). The van der Waals surface area contributed by atoms with Crippen molar-refractivity contribution in [3.63, 3.8) is 0 Å². The van der Waals surface area contributed by atoms with E-state index in [0.29, 0.717) is 0 Å². The van der Waals surface area contributed by atoms with Crippen LogP contribution in [0.4, 0.5) is 5.69 Å². The number of fused-ring (bicyclic) bond motifs is 1. The van der Waals surface area contributed by atoms with Gasteiger partial charge in [-0.05, 0) is 31.5 Å². The van der Waals surface area contributed by atoms with Crippen LogP contribution in [0.2, 0.25) is 0 Å². The highest BCUT2D eigenvalue weighted by Gasteiger charge is 2.22. The van der Waals surface area contributed by atoms with Crippen LogP contribution in [-0.2, 0) is 4.79 Å². The smallest absolute Gasteiger partial charge is 0.241 e. The quantitative estimate of drug-likeness (QED) is 0.901. The monoisotopic (exact) mass is 270 g/mol. The summed E-state index contributed by atoms with van der Waals surface area (Å²) >= 11 is 0. The lowest BCUT2D eigenvalue weighted by Crippen LogP contribution is -2.35. The molecule has 20 heavy (non-hydrogen) atoms. The number of carbonyl (C=O) groups is 1. The average Bonchev–Trinajstić information content (AvgIpc) is 3.02. The molecule has 2 N–H and O–H groups in total. The zero-order valence-electron chi connectivity index (χ0n) is 11.5. The molecule has 1 aliphatic rings. The Labute approximate surface area is 118 Å². The first-order valence-electron chi connectivity index (χ1n) is 6.89. The van der Waals surface area contributed by atoms with Gasteiger partial charge < -0.3 is 15.4 Å². The molecule has 0 bridgehead atoms. The summed E-state index contributed by atoms with van der Waals surface area (Å²) in [5, 5.41) is 8.24. The Kier molecular flexibility index (Phi) is 3.56. The lowest BCUT2D eigenvalue weighted by atomic mass is 10.1. The van der Waals surface area contributed by atoms with E-state index in [0.717, 1.165) is 41.6 Å². The van der Waals surface area contributed by atoms with Crippen LogP contribution in [0.15, 0.2) is 36.4 Å². The molecule has 4 heteroatoms. The van der Waals surface area contributed by atoms with Crippen LogP contribution in [0.25, 0.3) is 10.8 Å². The summed E-state index contributed by atoms with van der Waals surface area (Å²) in [5.74, 6) is 0.857. The molecule has 0 aliphatic carbocycles. The fourth-order valence-electron chi connectivity index (χ4n) is 2.69. The van der Waals surface area contributed by atoms with E-state index in [-0.39, 0.29) is 11.9 Å². The van der Waals surface area contributed by atoms with Gasteiger partial charge in [-0.15, -0.1) is 0 Å². The van der Waals surface area contributed by atoms with Crippen molar-refractivity contribution >= 4 is 22.4 Å². The minimum absolute atomic E-state index is 0.0396. The number of anilines is 1. The van der Waals surface area contributed by atoms with Crippen LogP contribution < -0.4 is 15.4 Å². The average molecular weight is 270 g/mol. The lowest BCUT2D eigenvalue weighted by Gasteiger charge is -2.14. The normalized spacial score (nSPS) is 18.1. The zero-order valence-corrected chi connectivity index (χ0v) is 11.5. The molecule has 0 unspecified atom stereocenters. The Hall–Kier alpha value is -2.07. The molecular weight excluding hydrogens is 252 g/mol. The molecule has 2 aromatic carbocycles. The largest absolute Gasteiger partial charge is 0.496 e. The Morgan fingerprint density at radius 3 is 2.75 bits per heavy atom. The lowest BCUT2D eigenvalue weighted by molar-refractivity contribution is -0.117. The molecule has 1 fully saturated rings. The summed E-state index contributed by atoms with van der Waals surface area (Å²) in [6.45, 7) is 0.918. The van der Waals surface area contributed by atoms with Crippen molar-refractivity contribution in [1.82, 2.24) is 5.32 Å². The van der Waals surface area contributed by atoms with Crippen molar-refractivity contribution in [2.24, 2.45) is 0 Å². The van der Waals surface area contributed by atoms with Gasteiger partial charge in [-0.3, -0.25) is 4.79 Å². The number of methoxy groups -OCH3 is 1. The Balaban J connectivity index is 1.93. The minimum Gasteiger partial charge on any atom is -0.496 e. The van der Waals surface area contributed by atoms with Gasteiger partial charge in [0.05, 0.1) is 13.2 Å². The third-order valence-electron chi connectivity index (χ3n) is 3.74. The molecule has 0 saturated carbocycles. The number of benzene rings is 2. The fourth-order valence-corrected chi connectivity index (χ4v) is 2.69. The SMILES string of the molecule is COc1ccc(NC(=O)[C@@H]2CCCN2)c2ccccc12. The highest BCUT2D eigenvalue weighted by Crippen LogP contribution is 2.31. The van der Waals surface area contributed by atoms with E-state index in [4.69, 9.17) is 4.74 Å². The van der Waals surface area contributed by atoms with Crippen molar-refractivity contribution in [1.29, 1.82) is 0 Å². The molecule has 1 atom stereocenters. The first-order chi connectivity index (χ1) is 9.79. The van der Waals surface area contributed by atoms with E-state index in [9.17, 15) is 4.79 Å². The summed E-state index contributed by atoms with van der Waals surface area (Å²) in [7, 11) is 1.66. The zero-order chi connectivity index (χ0) is 13.9. The molecule has 1 heterocycles. The molecular formula is C16H18N2O2. The van der Waals surface area contributed by atoms with E-state index in [2.05, 4.69) is 10.6 Å². The van der Waals surface area contributed by atoms with Crippen molar-refractivity contribution in [3.05, 3.63) is 36.4 Å². The Morgan fingerprint density at radius 2 is 2.05 bits per heavy atom. The first kappa shape index (κ1) is 12.9. The number of carbonyl (C=O) groups excluding carboxylic acids is 1. The highest BCUT2D eigenvalue weighted by molar-refractivity contribution is 6.05. The fraction of sp³-hybridized carbons (Fsp3) is 0.312. The second kappa shape index (κ2) is 5.51. The van der Waals surface area contributed by atoms with Crippen LogP contribution in [0.1, 0.15) is 12.8 Å². The van der Waals surface area contributed by atoms with Gasteiger partial charge in [-0.25, -0.2) is 0 Å². The number of rotatable bonds is 3. The molecule has 4 nitrogen and oxygen atoms in total. The predicted octanol–water partition coefficient (Wildman–Crippen LogP) is 2.54. The van der Waals surface area contributed by atoms with Gasteiger partial charge in [0, 0.05) is 16.5 Å². The molecule has 0 aromatic heterocycles. The Bertz CT molecular complexity index is 633. The van der Waals surface area contributed by atoms with Crippen LogP contribution in [-0.4, -0.2) is 25.6 Å². The number of hydrogen-bond acceptors (Lipinski definition) is 3. The van der Waals surface area contributed by atoms with Gasteiger partial charge in [-0.2, -0.15) is 0 Å². The minimum atomic E-state index is -0.0733. The number of amides is 1. The van der Waals surface area contributed by atoms with Gasteiger partial charge in [0.2, 0.25) is 5.91 Å². The molecule has 1 amide bonds. The second-order valence-corrected chi connectivity index (χ2v) is 5.00. The topological polar surface area (TPSA) is 50.4 Å². The van der Waals surface area contributed by atoms with Gasteiger partial charge in [0.1, 0.15) is 5.75 Å². The van der Waals surface area contributed by atoms with Crippen LogP contribution in [0.5, 0.6) is 5.75 Å². The summed E-state index contributed by atoms with van der Waals surface area (Å²) in [4.78, 5) is 12.2. The first-order valence-corrected chi connectivity index (χ1v) is 6.89.